The van der Waals surface area contributed by atoms with Crippen molar-refractivity contribution in [2.45, 2.75) is 39.7 Å². The minimum absolute atomic E-state index is 0.0173. The molecule has 0 aliphatic rings. The second-order valence-corrected chi connectivity index (χ2v) is 4.79. The Balaban J connectivity index is 2.56. The predicted molar refractivity (Wildman–Crippen MR) is 75.2 cm³/mol. The Morgan fingerprint density at radius 1 is 1.45 bits per heavy atom. The highest BCUT2D eigenvalue weighted by atomic mass is 16.5. The highest BCUT2D eigenvalue weighted by molar-refractivity contribution is 5.94. The molecular weight excluding hydrogens is 260 g/mol. The maximum Gasteiger partial charge on any atom is 0.358 e. The SMILES string of the molecule is CCc1nn(C)c(C(=O)OCCC(=O)NC(C)C)c1N. The van der Waals surface area contributed by atoms with Crippen molar-refractivity contribution in [3.8, 4) is 0 Å². The van der Waals surface area contributed by atoms with Crippen LogP contribution in [0, 0.1) is 0 Å². The maximum absolute atomic E-state index is 11.9. The molecule has 0 saturated heterocycles. The fourth-order valence-electron chi connectivity index (χ4n) is 1.80. The summed E-state index contributed by atoms with van der Waals surface area (Å²) in [6, 6.07) is 0.0676. The van der Waals surface area contributed by atoms with E-state index < -0.39 is 5.97 Å². The Morgan fingerprint density at radius 3 is 2.60 bits per heavy atom. The number of nitrogens with one attached hydrogen (secondary N) is 1. The van der Waals surface area contributed by atoms with Crippen LogP contribution in [0.1, 0.15) is 43.4 Å². The molecule has 20 heavy (non-hydrogen) atoms. The molecule has 1 rings (SSSR count). The zero-order valence-electron chi connectivity index (χ0n) is 12.4. The van der Waals surface area contributed by atoms with E-state index in [2.05, 4.69) is 10.4 Å². The number of amides is 1. The Morgan fingerprint density at radius 2 is 2.10 bits per heavy atom. The number of ether oxygens (including phenoxy) is 1. The third-order valence-electron chi connectivity index (χ3n) is 2.70. The normalized spacial score (nSPS) is 10.7. The third kappa shape index (κ3) is 3.97. The maximum atomic E-state index is 11.9. The van der Waals surface area contributed by atoms with E-state index in [0.717, 1.165) is 0 Å². The third-order valence-corrected chi connectivity index (χ3v) is 2.70. The lowest BCUT2D eigenvalue weighted by Gasteiger charge is -2.09. The molecule has 1 aromatic rings. The molecule has 0 unspecified atom stereocenters. The number of nitrogen functional groups attached to an aromatic ring is 1. The lowest BCUT2D eigenvalue weighted by atomic mass is 10.2. The Hall–Kier alpha value is -2.05. The first-order chi connectivity index (χ1) is 9.36. The van der Waals surface area contributed by atoms with Gasteiger partial charge in [-0.15, -0.1) is 0 Å². The van der Waals surface area contributed by atoms with E-state index in [1.165, 1.54) is 4.68 Å². The molecule has 1 amide bonds. The van der Waals surface area contributed by atoms with Crippen molar-refractivity contribution in [2.24, 2.45) is 7.05 Å². The number of aryl methyl sites for hydroxylation is 2. The molecule has 0 fully saturated rings. The van der Waals surface area contributed by atoms with E-state index in [1.807, 2.05) is 20.8 Å². The van der Waals surface area contributed by atoms with Gasteiger partial charge in [0.15, 0.2) is 5.69 Å². The second-order valence-electron chi connectivity index (χ2n) is 4.79. The molecule has 7 heteroatoms. The first-order valence-electron chi connectivity index (χ1n) is 6.64. The fourth-order valence-corrected chi connectivity index (χ4v) is 1.80. The monoisotopic (exact) mass is 282 g/mol. The van der Waals surface area contributed by atoms with Gasteiger partial charge in [-0.05, 0) is 20.3 Å². The van der Waals surface area contributed by atoms with Crippen molar-refractivity contribution in [1.82, 2.24) is 15.1 Å². The molecule has 0 spiro atoms. The first kappa shape index (κ1) is 16.0. The van der Waals surface area contributed by atoms with Gasteiger partial charge in [-0.1, -0.05) is 6.92 Å². The van der Waals surface area contributed by atoms with Crippen molar-refractivity contribution in [3.05, 3.63) is 11.4 Å². The Labute approximate surface area is 118 Å². The van der Waals surface area contributed by atoms with Crippen molar-refractivity contribution >= 4 is 17.6 Å². The van der Waals surface area contributed by atoms with E-state index in [9.17, 15) is 9.59 Å². The van der Waals surface area contributed by atoms with Gasteiger partial charge in [0.05, 0.1) is 17.8 Å². The van der Waals surface area contributed by atoms with Crippen LogP contribution in [0.2, 0.25) is 0 Å². The van der Waals surface area contributed by atoms with Gasteiger partial charge < -0.3 is 15.8 Å². The zero-order chi connectivity index (χ0) is 15.3. The number of esters is 1. The molecule has 7 nitrogen and oxygen atoms in total. The van der Waals surface area contributed by atoms with Crippen LogP contribution in [-0.2, 0) is 23.0 Å². The van der Waals surface area contributed by atoms with E-state index in [0.29, 0.717) is 17.8 Å². The van der Waals surface area contributed by atoms with Crippen LogP contribution in [-0.4, -0.2) is 34.3 Å². The molecule has 0 aliphatic carbocycles. The predicted octanol–water partition coefficient (Wildman–Crippen LogP) is 0.636. The lowest BCUT2D eigenvalue weighted by Crippen LogP contribution is -2.31. The second kappa shape index (κ2) is 6.93. The van der Waals surface area contributed by atoms with Crippen LogP contribution in [0.25, 0.3) is 0 Å². The van der Waals surface area contributed by atoms with E-state index >= 15 is 0 Å². The number of anilines is 1. The van der Waals surface area contributed by atoms with Gasteiger partial charge in [-0.3, -0.25) is 9.48 Å². The number of nitrogens with zero attached hydrogens (tertiary/aromatic N) is 2. The smallest absolute Gasteiger partial charge is 0.358 e. The van der Waals surface area contributed by atoms with Crippen molar-refractivity contribution in [3.63, 3.8) is 0 Å². The summed E-state index contributed by atoms with van der Waals surface area (Å²) in [6.07, 6.45) is 0.770. The number of rotatable bonds is 6. The van der Waals surface area contributed by atoms with Crippen LogP contribution in [0.3, 0.4) is 0 Å². The van der Waals surface area contributed by atoms with Gasteiger partial charge in [0.2, 0.25) is 5.91 Å². The molecule has 3 N–H and O–H groups in total. The highest BCUT2D eigenvalue weighted by Crippen LogP contribution is 2.17. The molecule has 0 radical (unpaired) electrons. The summed E-state index contributed by atoms with van der Waals surface area (Å²) in [6.45, 7) is 5.66. The molecule has 0 bridgehead atoms. The van der Waals surface area contributed by atoms with Gasteiger partial charge in [0.25, 0.3) is 0 Å². The number of carbonyl (C=O) groups excluding carboxylic acids is 2. The molecular formula is C13H22N4O3. The van der Waals surface area contributed by atoms with Crippen LogP contribution < -0.4 is 11.1 Å². The summed E-state index contributed by atoms with van der Waals surface area (Å²) < 4.78 is 6.47. The van der Waals surface area contributed by atoms with Crippen molar-refractivity contribution in [1.29, 1.82) is 0 Å². The number of nitrogens with two attached hydrogens (primary N) is 1. The zero-order valence-corrected chi connectivity index (χ0v) is 12.4. The van der Waals surface area contributed by atoms with Crippen molar-refractivity contribution < 1.29 is 14.3 Å². The molecule has 0 aromatic carbocycles. The number of aromatic nitrogens is 2. The quantitative estimate of drug-likeness (QED) is 0.746. The van der Waals surface area contributed by atoms with Crippen LogP contribution in [0.4, 0.5) is 5.69 Å². The van der Waals surface area contributed by atoms with Crippen LogP contribution in [0.15, 0.2) is 0 Å². The molecule has 1 heterocycles. The van der Waals surface area contributed by atoms with Crippen LogP contribution in [0.5, 0.6) is 0 Å². The number of hydrogen-bond donors (Lipinski definition) is 2. The number of carbonyl (C=O) groups is 2. The average Bonchev–Trinajstić information content (AvgIpc) is 2.63. The van der Waals surface area contributed by atoms with E-state index in [4.69, 9.17) is 10.5 Å². The summed E-state index contributed by atoms with van der Waals surface area (Å²) >= 11 is 0. The number of hydrogen-bond acceptors (Lipinski definition) is 5. The van der Waals surface area contributed by atoms with Gasteiger partial charge >= 0.3 is 5.97 Å². The van der Waals surface area contributed by atoms with Gasteiger partial charge in [0, 0.05) is 13.1 Å². The summed E-state index contributed by atoms with van der Waals surface area (Å²) in [5, 5.41) is 6.86. The van der Waals surface area contributed by atoms with Gasteiger partial charge in [0.1, 0.15) is 6.61 Å². The van der Waals surface area contributed by atoms with E-state index in [1.54, 1.807) is 7.05 Å². The largest absolute Gasteiger partial charge is 0.460 e. The molecule has 1 aromatic heterocycles. The Bertz CT molecular complexity index is 494. The molecule has 0 atom stereocenters. The minimum Gasteiger partial charge on any atom is -0.460 e. The minimum atomic E-state index is -0.561. The summed E-state index contributed by atoms with van der Waals surface area (Å²) in [4.78, 5) is 23.3. The van der Waals surface area contributed by atoms with Crippen LogP contribution >= 0.6 is 0 Å². The van der Waals surface area contributed by atoms with E-state index in [-0.39, 0.29) is 30.7 Å². The standard InChI is InChI=1S/C13H22N4O3/c1-5-9-11(14)12(17(4)16-9)13(19)20-7-6-10(18)15-8(2)3/h8H,5-7,14H2,1-4H3,(H,15,18). The van der Waals surface area contributed by atoms with Gasteiger partial charge in [-0.25, -0.2) is 4.79 Å². The summed E-state index contributed by atoms with van der Waals surface area (Å²) in [5.41, 5.74) is 7.08. The summed E-state index contributed by atoms with van der Waals surface area (Å²) in [5.74, 6) is -0.713. The molecule has 0 aliphatic heterocycles. The van der Waals surface area contributed by atoms with Crippen molar-refractivity contribution in [2.75, 3.05) is 12.3 Å². The summed E-state index contributed by atoms with van der Waals surface area (Å²) in [7, 11) is 1.64. The highest BCUT2D eigenvalue weighted by Gasteiger charge is 2.20. The molecule has 112 valence electrons. The lowest BCUT2D eigenvalue weighted by molar-refractivity contribution is -0.122. The topological polar surface area (TPSA) is 99.2 Å². The molecule has 0 saturated carbocycles. The fraction of sp³-hybridized carbons (Fsp3) is 0.615. The first-order valence-corrected chi connectivity index (χ1v) is 6.64. The average molecular weight is 282 g/mol. The van der Waals surface area contributed by atoms with Gasteiger partial charge in [-0.2, -0.15) is 5.10 Å². The Kier molecular flexibility index (Phi) is 5.54.